The lowest BCUT2D eigenvalue weighted by atomic mass is 10.4. The van der Waals surface area contributed by atoms with Crippen LogP contribution < -0.4 is 16.8 Å². The molecule has 0 amide bonds. The normalized spacial score (nSPS) is 11.2. The third kappa shape index (κ3) is 11.1. The number of rotatable bonds is 16. The quantitative estimate of drug-likeness (QED) is 0.321. The number of nitrogens with one attached hydrogen (secondary N) is 1. The molecule has 0 unspecified atom stereocenters. The minimum absolute atomic E-state index is 0.539. The molecule has 0 fully saturated rings. The summed E-state index contributed by atoms with van der Waals surface area (Å²) >= 11 is 0. The molecule has 0 atom stereocenters. The van der Waals surface area contributed by atoms with Crippen molar-refractivity contribution in [3.8, 4) is 0 Å². The van der Waals surface area contributed by atoms with Crippen LogP contribution in [0.3, 0.4) is 0 Å². The van der Waals surface area contributed by atoms with Crippen molar-refractivity contribution in [3.05, 3.63) is 11.9 Å². The van der Waals surface area contributed by atoms with Gasteiger partial charge in [-0.05, 0) is 19.5 Å². The van der Waals surface area contributed by atoms with Gasteiger partial charge in [0.25, 0.3) is 0 Å². The highest BCUT2D eigenvalue weighted by atomic mass is 16.5. The summed E-state index contributed by atoms with van der Waals surface area (Å²) in [5.41, 5.74) is 11.7. The fourth-order valence-corrected chi connectivity index (χ4v) is 1.76. The number of nitrogens with zero attached hydrogens (tertiary/aromatic N) is 3. The molecule has 0 saturated carbocycles. The van der Waals surface area contributed by atoms with Crippen LogP contribution in [0, 0.1) is 0 Å². The van der Waals surface area contributed by atoms with E-state index in [-0.39, 0.29) is 0 Å². The Morgan fingerprint density at radius 1 is 0.957 bits per heavy atom. The molecule has 0 bridgehead atoms. The molecule has 9 heteroatoms. The molecule has 1 heterocycles. The molecule has 23 heavy (non-hydrogen) atoms. The van der Waals surface area contributed by atoms with Crippen LogP contribution in [0.1, 0.15) is 12.1 Å². The molecule has 0 aliphatic carbocycles. The van der Waals surface area contributed by atoms with Crippen LogP contribution in [0.2, 0.25) is 0 Å². The molecule has 1 aromatic heterocycles. The van der Waals surface area contributed by atoms with E-state index in [1.165, 1.54) is 0 Å². The fourth-order valence-electron chi connectivity index (χ4n) is 1.76. The summed E-state index contributed by atoms with van der Waals surface area (Å²) in [6.07, 6.45) is 2.88. The van der Waals surface area contributed by atoms with Gasteiger partial charge < -0.3 is 31.0 Å². The Kier molecular flexibility index (Phi) is 12.6. The lowest BCUT2D eigenvalue weighted by Crippen LogP contribution is -2.17. The molecular weight excluding hydrogens is 300 g/mol. The van der Waals surface area contributed by atoms with Crippen LogP contribution in [0.25, 0.3) is 0 Å². The lowest BCUT2D eigenvalue weighted by Gasteiger charge is -2.06. The Hall–Kier alpha value is -1.10. The van der Waals surface area contributed by atoms with Crippen LogP contribution in [-0.4, -0.2) is 74.3 Å². The summed E-state index contributed by atoms with van der Waals surface area (Å²) in [7, 11) is 0. The highest BCUT2D eigenvalue weighted by Gasteiger charge is 2.00. The van der Waals surface area contributed by atoms with E-state index in [1.807, 2.05) is 6.20 Å². The molecular formula is C14H30N6O3. The molecule has 0 saturated heterocycles. The maximum Gasteiger partial charge on any atom is 0.0964 e. The summed E-state index contributed by atoms with van der Waals surface area (Å²) in [5.74, 6) is 0. The summed E-state index contributed by atoms with van der Waals surface area (Å²) in [5, 5.41) is 11.4. The van der Waals surface area contributed by atoms with Gasteiger partial charge in [0, 0.05) is 19.3 Å². The van der Waals surface area contributed by atoms with Gasteiger partial charge in [-0.3, -0.25) is 0 Å². The van der Waals surface area contributed by atoms with Gasteiger partial charge in [0.05, 0.1) is 51.9 Å². The third-order valence-electron chi connectivity index (χ3n) is 2.92. The number of aromatic nitrogens is 3. The highest BCUT2D eigenvalue weighted by Crippen LogP contribution is 1.93. The van der Waals surface area contributed by atoms with Crippen molar-refractivity contribution in [1.29, 1.82) is 0 Å². The van der Waals surface area contributed by atoms with E-state index in [0.717, 1.165) is 18.7 Å². The van der Waals surface area contributed by atoms with Crippen molar-refractivity contribution in [3.63, 3.8) is 0 Å². The van der Waals surface area contributed by atoms with Gasteiger partial charge in [0.1, 0.15) is 0 Å². The second-order valence-corrected chi connectivity index (χ2v) is 4.92. The monoisotopic (exact) mass is 330 g/mol. The van der Waals surface area contributed by atoms with Crippen LogP contribution >= 0.6 is 0 Å². The highest BCUT2D eigenvalue weighted by molar-refractivity contribution is 4.91. The molecule has 5 N–H and O–H groups in total. The van der Waals surface area contributed by atoms with Crippen molar-refractivity contribution in [1.82, 2.24) is 20.3 Å². The third-order valence-corrected chi connectivity index (χ3v) is 2.92. The molecule has 0 aliphatic rings. The van der Waals surface area contributed by atoms with Gasteiger partial charge in [0.15, 0.2) is 0 Å². The minimum Gasteiger partial charge on any atom is -0.378 e. The predicted molar refractivity (Wildman–Crippen MR) is 86.9 cm³/mol. The Balaban J connectivity index is 1.92. The van der Waals surface area contributed by atoms with E-state index >= 15 is 0 Å². The van der Waals surface area contributed by atoms with Crippen molar-refractivity contribution >= 4 is 0 Å². The van der Waals surface area contributed by atoms with Gasteiger partial charge in [-0.25, -0.2) is 4.68 Å². The molecule has 0 radical (unpaired) electrons. The fraction of sp³-hybridized carbons (Fsp3) is 0.857. The van der Waals surface area contributed by atoms with Gasteiger partial charge >= 0.3 is 0 Å². The molecule has 0 spiro atoms. The zero-order chi connectivity index (χ0) is 16.6. The summed E-state index contributed by atoms with van der Waals surface area (Å²) in [4.78, 5) is 0. The van der Waals surface area contributed by atoms with E-state index in [1.54, 1.807) is 4.68 Å². The average Bonchev–Trinajstić information content (AvgIpc) is 3.01. The molecule has 0 aromatic carbocycles. The largest absolute Gasteiger partial charge is 0.378 e. The SMILES string of the molecule is NCCCNCc1cn(CCOCCOCCOCCN)nn1. The Morgan fingerprint density at radius 2 is 1.65 bits per heavy atom. The minimum atomic E-state index is 0.539. The maximum absolute atomic E-state index is 5.48. The van der Waals surface area contributed by atoms with Gasteiger partial charge in [0.2, 0.25) is 0 Å². The maximum atomic E-state index is 5.48. The second kappa shape index (κ2) is 14.5. The first-order valence-corrected chi connectivity index (χ1v) is 8.10. The van der Waals surface area contributed by atoms with Gasteiger partial charge in [-0.1, -0.05) is 5.21 Å². The smallest absolute Gasteiger partial charge is 0.0964 e. The van der Waals surface area contributed by atoms with E-state index < -0.39 is 0 Å². The Bertz CT molecular complexity index is 377. The topological polar surface area (TPSA) is 122 Å². The summed E-state index contributed by atoms with van der Waals surface area (Å²) in [6, 6.07) is 0. The van der Waals surface area contributed by atoms with Crippen molar-refractivity contribution in [2.75, 3.05) is 59.3 Å². The molecule has 1 rings (SSSR count). The van der Waals surface area contributed by atoms with Crippen LogP contribution in [0.15, 0.2) is 6.20 Å². The summed E-state index contributed by atoms with van der Waals surface area (Å²) < 4.78 is 17.8. The standard InChI is InChI=1S/C14H30N6O3/c15-2-1-4-17-12-14-13-20(19-18-14)5-7-22-9-11-23-10-8-21-6-3-16/h13,17H,1-12,15-16H2. The molecule has 0 aliphatic heterocycles. The Labute approximate surface area is 137 Å². The molecule has 134 valence electrons. The molecule has 9 nitrogen and oxygen atoms in total. The lowest BCUT2D eigenvalue weighted by molar-refractivity contribution is 0.0141. The van der Waals surface area contributed by atoms with E-state index in [9.17, 15) is 0 Å². The van der Waals surface area contributed by atoms with E-state index in [4.69, 9.17) is 25.7 Å². The van der Waals surface area contributed by atoms with Crippen molar-refractivity contribution in [2.24, 2.45) is 11.5 Å². The first-order chi connectivity index (χ1) is 11.4. The number of hydrogen-bond acceptors (Lipinski definition) is 8. The van der Waals surface area contributed by atoms with Crippen LogP contribution in [-0.2, 0) is 27.3 Å². The van der Waals surface area contributed by atoms with E-state index in [2.05, 4.69) is 15.6 Å². The van der Waals surface area contributed by atoms with E-state index in [0.29, 0.717) is 65.8 Å². The summed E-state index contributed by atoms with van der Waals surface area (Å²) in [6.45, 7) is 6.90. The average molecular weight is 330 g/mol. The van der Waals surface area contributed by atoms with Gasteiger partial charge in [-0.15, -0.1) is 5.10 Å². The zero-order valence-electron chi connectivity index (χ0n) is 13.8. The number of hydrogen-bond donors (Lipinski definition) is 3. The van der Waals surface area contributed by atoms with Crippen LogP contribution in [0.5, 0.6) is 0 Å². The first kappa shape index (κ1) is 19.9. The zero-order valence-corrected chi connectivity index (χ0v) is 13.8. The van der Waals surface area contributed by atoms with Gasteiger partial charge in [-0.2, -0.15) is 0 Å². The van der Waals surface area contributed by atoms with Crippen LogP contribution in [0.4, 0.5) is 0 Å². The Morgan fingerprint density at radius 3 is 2.35 bits per heavy atom. The number of nitrogens with two attached hydrogens (primary N) is 2. The number of ether oxygens (including phenoxy) is 3. The predicted octanol–water partition coefficient (Wildman–Crippen LogP) is -1.27. The first-order valence-electron chi connectivity index (χ1n) is 8.10. The van der Waals surface area contributed by atoms with Crippen molar-refractivity contribution < 1.29 is 14.2 Å². The molecule has 1 aromatic rings. The second-order valence-electron chi connectivity index (χ2n) is 4.92. The van der Waals surface area contributed by atoms with Crippen molar-refractivity contribution in [2.45, 2.75) is 19.5 Å².